The number of hydrogen-bond acceptors (Lipinski definition) is 2. The molecule has 4 heteroatoms. The van der Waals surface area contributed by atoms with E-state index in [0.29, 0.717) is 0 Å². The molecule has 0 fully saturated rings. The average Bonchev–Trinajstić information content (AvgIpc) is 1.88. The van der Waals surface area contributed by atoms with Gasteiger partial charge in [-0.25, -0.2) is 4.98 Å². The molecule has 0 saturated carbocycles. The summed E-state index contributed by atoms with van der Waals surface area (Å²) in [6.45, 7) is 0. The molecule has 0 aliphatic carbocycles. The molecule has 1 aromatic rings. The van der Waals surface area contributed by atoms with Crippen LogP contribution < -0.4 is 0 Å². The van der Waals surface area contributed by atoms with E-state index in [1.807, 2.05) is 0 Å². The van der Waals surface area contributed by atoms with E-state index in [2.05, 4.69) is 20.9 Å². The third-order valence-electron chi connectivity index (χ3n) is 1.03. The zero-order valence-electron chi connectivity index (χ0n) is 5.37. The summed E-state index contributed by atoms with van der Waals surface area (Å²) in [6.07, 6.45) is 3.23. The van der Waals surface area contributed by atoms with Gasteiger partial charge in [-0.3, -0.25) is 4.21 Å². The summed E-state index contributed by atoms with van der Waals surface area (Å²) in [5.41, 5.74) is 0. The predicted octanol–water partition coefficient (Wildman–Crippen LogP) is 1.58. The first-order chi connectivity index (χ1) is 4.70. The molecule has 0 N–H and O–H groups in total. The van der Waals surface area contributed by atoms with Crippen molar-refractivity contribution in [2.24, 2.45) is 0 Å². The molecule has 1 heterocycles. The first-order valence-electron chi connectivity index (χ1n) is 2.65. The molecule has 0 aliphatic rings. The summed E-state index contributed by atoms with van der Waals surface area (Å²) in [6, 6.07) is 3.56. The van der Waals surface area contributed by atoms with Crippen LogP contribution in [0.4, 0.5) is 0 Å². The Labute approximate surface area is 70.3 Å². The van der Waals surface area contributed by atoms with Gasteiger partial charge < -0.3 is 0 Å². The van der Waals surface area contributed by atoms with Crippen LogP contribution in [0.25, 0.3) is 0 Å². The van der Waals surface area contributed by atoms with Crippen LogP contribution in [-0.4, -0.2) is 15.4 Å². The highest BCUT2D eigenvalue weighted by Crippen LogP contribution is 2.08. The topological polar surface area (TPSA) is 30.0 Å². The Kier molecular flexibility index (Phi) is 2.56. The van der Waals surface area contributed by atoms with Crippen molar-refractivity contribution in [3.05, 3.63) is 22.9 Å². The number of rotatable bonds is 1. The van der Waals surface area contributed by atoms with Gasteiger partial charge >= 0.3 is 0 Å². The smallest absolute Gasteiger partial charge is 0.106 e. The second-order valence-electron chi connectivity index (χ2n) is 1.77. The Balaban J connectivity index is 3.00. The van der Waals surface area contributed by atoms with Crippen LogP contribution in [0.1, 0.15) is 0 Å². The van der Waals surface area contributed by atoms with Crippen molar-refractivity contribution in [2.75, 3.05) is 6.26 Å². The van der Waals surface area contributed by atoms with E-state index in [1.165, 1.54) is 0 Å². The SMILES string of the molecule is C[S@](=O)c1ccc(Br)nc1. The number of nitrogens with zero attached hydrogens (tertiary/aromatic N) is 1. The minimum atomic E-state index is -0.921. The highest BCUT2D eigenvalue weighted by atomic mass is 79.9. The predicted molar refractivity (Wildman–Crippen MR) is 44.3 cm³/mol. The van der Waals surface area contributed by atoms with Crippen LogP contribution in [0.5, 0.6) is 0 Å². The summed E-state index contributed by atoms with van der Waals surface area (Å²) in [5.74, 6) is 0. The Hall–Kier alpha value is -0.220. The van der Waals surface area contributed by atoms with Gasteiger partial charge in [-0.05, 0) is 28.1 Å². The zero-order valence-corrected chi connectivity index (χ0v) is 7.78. The molecular formula is C6H6BrNOS. The van der Waals surface area contributed by atoms with Crippen molar-refractivity contribution in [1.82, 2.24) is 4.98 Å². The first kappa shape index (κ1) is 7.88. The van der Waals surface area contributed by atoms with Crippen molar-refractivity contribution in [1.29, 1.82) is 0 Å². The number of aromatic nitrogens is 1. The molecular weight excluding hydrogens is 214 g/mol. The fourth-order valence-corrected chi connectivity index (χ4v) is 1.23. The molecule has 0 aliphatic heterocycles. The van der Waals surface area contributed by atoms with E-state index in [0.717, 1.165) is 9.50 Å². The molecule has 0 radical (unpaired) electrons. The number of hydrogen-bond donors (Lipinski definition) is 0. The maximum absolute atomic E-state index is 10.8. The second kappa shape index (κ2) is 3.25. The third kappa shape index (κ3) is 1.88. The largest absolute Gasteiger partial charge is 0.255 e. The van der Waals surface area contributed by atoms with Gasteiger partial charge in [-0.1, -0.05) is 0 Å². The Morgan fingerprint density at radius 3 is 2.70 bits per heavy atom. The maximum atomic E-state index is 10.8. The van der Waals surface area contributed by atoms with E-state index in [-0.39, 0.29) is 0 Å². The number of pyridine rings is 1. The standard InChI is InChI=1S/C6H6BrNOS/c1-10(9)5-2-3-6(7)8-4-5/h2-4H,1H3/t10-/m0/s1. The van der Waals surface area contributed by atoms with Crippen molar-refractivity contribution >= 4 is 26.7 Å². The van der Waals surface area contributed by atoms with Crippen LogP contribution in [0.3, 0.4) is 0 Å². The van der Waals surface area contributed by atoms with E-state index < -0.39 is 10.8 Å². The van der Waals surface area contributed by atoms with E-state index in [4.69, 9.17) is 0 Å². The Bertz CT molecular complexity index is 246. The zero-order chi connectivity index (χ0) is 7.56. The van der Waals surface area contributed by atoms with Gasteiger partial charge in [0.1, 0.15) is 4.60 Å². The summed E-state index contributed by atoms with van der Waals surface area (Å²) in [7, 11) is -0.921. The summed E-state index contributed by atoms with van der Waals surface area (Å²) in [4.78, 5) is 4.68. The molecule has 2 nitrogen and oxygen atoms in total. The van der Waals surface area contributed by atoms with Crippen LogP contribution in [-0.2, 0) is 10.8 Å². The lowest BCUT2D eigenvalue weighted by atomic mass is 10.5. The lowest BCUT2D eigenvalue weighted by Crippen LogP contribution is -1.87. The summed E-state index contributed by atoms with van der Waals surface area (Å²) >= 11 is 3.18. The Morgan fingerprint density at radius 2 is 2.30 bits per heavy atom. The van der Waals surface area contributed by atoms with Gasteiger partial charge in [0.25, 0.3) is 0 Å². The second-order valence-corrected chi connectivity index (χ2v) is 3.96. The van der Waals surface area contributed by atoms with Crippen LogP contribution in [0.2, 0.25) is 0 Å². The van der Waals surface area contributed by atoms with Crippen molar-refractivity contribution in [3.8, 4) is 0 Å². The highest BCUT2D eigenvalue weighted by molar-refractivity contribution is 9.10. The van der Waals surface area contributed by atoms with E-state index in [1.54, 1.807) is 24.6 Å². The van der Waals surface area contributed by atoms with Crippen molar-refractivity contribution in [2.45, 2.75) is 4.90 Å². The van der Waals surface area contributed by atoms with Crippen molar-refractivity contribution in [3.63, 3.8) is 0 Å². The number of halogens is 1. The average molecular weight is 220 g/mol. The Morgan fingerprint density at radius 1 is 1.60 bits per heavy atom. The van der Waals surface area contributed by atoms with Crippen molar-refractivity contribution < 1.29 is 4.21 Å². The fourth-order valence-electron chi connectivity index (χ4n) is 0.532. The third-order valence-corrected chi connectivity index (χ3v) is 2.41. The normalized spacial score (nSPS) is 13.0. The molecule has 1 atom stereocenters. The minimum Gasteiger partial charge on any atom is -0.255 e. The summed E-state index contributed by atoms with van der Waals surface area (Å²) in [5, 5.41) is 0. The quantitative estimate of drug-likeness (QED) is 0.672. The van der Waals surface area contributed by atoms with E-state index in [9.17, 15) is 4.21 Å². The minimum absolute atomic E-state index is 0.753. The monoisotopic (exact) mass is 219 g/mol. The van der Waals surface area contributed by atoms with Gasteiger partial charge in [-0.2, -0.15) is 0 Å². The molecule has 0 amide bonds. The van der Waals surface area contributed by atoms with Crippen LogP contribution >= 0.6 is 15.9 Å². The molecule has 0 spiro atoms. The first-order valence-corrected chi connectivity index (χ1v) is 5.00. The highest BCUT2D eigenvalue weighted by Gasteiger charge is 1.95. The fraction of sp³-hybridized carbons (Fsp3) is 0.167. The molecule has 1 aromatic heterocycles. The molecule has 1 rings (SSSR count). The maximum Gasteiger partial charge on any atom is 0.106 e. The van der Waals surface area contributed by atoms with Gasteiger partial charge in [0.2, 0.25) is 0 Å². The molecule has 10 heavy (non-hydrogen) atoms. The van der Waals surface area contributed by atoms with Crippen LogP contribution in [0.15, 0.2) is 27.8 Å². The molecule has 0 bridgehead atoms. The summed E-state index contributed by atoms with van der Waals surface area (Å²) < 4.78 is 11.6. The van der Waals surface area contributed by atoms with Gasteiger partial charge in [0, 0.05) is 12.5 Å². The van der Waals surface area contributed by atoms with Gasteiger partial charge in [0.15, 0.2) is 0 Å². The lowest BCUT2D eigenvalue weighted by Gasteiger charge is -1.93. The van der Waals surface area contributed by atoms with Gasteiger partial charge in [-0.15, -0.1) is 0 Å². The molecule has 54 valence electrons. The molecule has 0 unspecified atom stereocenters. The lowest BCUT2D eigenvalue weighted by molar-refractivity contribution is 0.686. The molecule has 0 aromatic carbocycles. The van der Waals surface area contributed by atoms with E-state index >= 15 is 0 Å². The van der Waals surface area contributed by atoms with Crippen LogP contribution in [0, 0.1) is 0 Å². The van der Waals surface area contributed by atoms with Gasteiger partial charge in [0.05, 0.1) is 15.7 Å². The molecule has 0 saturated heterocycles.